The summed E-state index contributed by atoms with van der Waals surface area (Å²) in [4.78, 5) is 22.6. The Morgan fingerprint density at radius 3 is 1.38 bits per heavy atom. The first-order valence-electron chi connectivity index (χ1n) is 9.65. The summed E-state index contributed by atoms with van der Waals surface area (Å²) < 4.78 is 12.3. The molecule has 6 heteroatoms. The highest BCUT2D eigenvalue weighted by Gasteiger charge is 2.15. The Bertz CT molecular complexity index is 1170. The van der Waals surface area contributed by atoms with Crippen LogP contribution in [0.4, 0.5) is 0 Å². The van der Waals surface area contributed by atoms with E-state index in [2.05, 4.69) is 0 Å². The molecular formula is C26H16Cl2O4. The van der Waals surface area contributed by atoms with Crippen LogP contribution in [0.15, 0.2) is 97.1 Å². The first-order chi connectivity index (χ1) is 15.5. The third-order valence-corrected chi connectivity index (χ3v) is 5.11. The van der Waals surface area contributed by atoms with Gasteiger partial charge in [-0.1, -0.05) is 36.4 Å². The van der Waals surface area contributed by atoms with Crippen LogP contribution in [-0.4, -0.2) is 10.5 Å². The number of hydrogen-bond donors (Lipinski definition) is 0. The first-order valence-corrected chi connectivity index (χ1v) is 10.4. The van der Waals surface area contributed by atoms with Crippen LogP contribution < -0.4 is 9.47 Å². The van der Waals surface area contributed by atoms with Crippen LogP contribution in [0.2, 0.25) is 0 Å². The van der Waals surface area contributed by atoms with Gasteiger partial charge in [0.25, 0.3) is 10.5 Å². The summed E-state index contributed by atoms with van der Waals surface area (Å²) in [6.07, 6.45) is 0. The molecule has 32 heavy (non-hydrogen) atoms. The van der Waals surface area contributed by atoms with Gasteiger partial charge < -0.3 is 9.47 Å². The highest BCUT2D eigenvalue weighted by Crippen LogP contribution is 2.42. The molecule has 0 heterocycles. The molecule has 0 saturated carbocycles. The molecule has 0 aliphatic heterocycles. The van der Waals surface area contributed by atoms with Gasteiger partial charge in [-0.2, -0.15) is 0 Å². The van der Waals surface area contributed by atoms with Crippen molar-refractivity contribution >= 4 is 33.7 Å². The van der Waals surface area contributed by atoms with Crippen molar-refractivity contribution < 1.29 is 19.1 Å². The highest BCUT2D eigenvalue weighted by atomic mass is 35.5. The van der Waals surface area contributed by atoms with E-state index in [9.17, 15) is 9.59 Å². The quantitative estimate of drug-likeness (QED) is 0.264. The van der Waals surface area contributed by atoms with Gasteiger partial charge in [0.2, 0.25) is 0 Å². The highest BCUT2D eigenvalue weighted by molar-refractivity contribution is 6.68. The maximum absolute atomic E-state index is 11.3. The second kappa shape index (κ2) is 9.69. The lowest BCUT2D eigenvalue weighted by molar-refractivity contribution is 0.107. The number of carbonyl (C=O) groups excluding carboxylic acids is 2. The first kappa shape index (κ1) is 21.6. The molecule has 4 nitrogen and oxygen atoms in total. The van der Waals surface area contributed by atoms with Crippen LogP contribution in [0.1, 0.15) is 20.7 Å². The van der Waals surface area contributed by atoms with E-state index in [0.717, 1.165) is 11.1 Å². The Morgan fingerprint density at radius 2 is 0.969 bits per heavy atom. The maximum Gasteiger partial charge on any atom is 0.252 e. The van der Waals surface area contributed by atoms with Crippen molar-refractivity contribution in [2.24, 2.45) is 0 Å². The average Bonchev–Trinajstić information content (AvgIpc) is 2.80. The van der Waals surface area contributed by atoms with Crippen LogP contribution in [0.5, 0.6) is 23.0 Å². The second-order valence-corrected chi connectivity index (χ2v) is 7.48. The molecule has 0 spiro atoms. The van der Waals surface area contributed by atoms with Crippen LogP contribution >= 0.6 is 23.2 Å². The SMILES string of the molecule is O=C(Cl)c1ccc(Oc2cccc(Oc3ccc(C(=O)Cl)cc3)c2-c2ccccc2)cc1. The normalized spacial score (nSPS) is 10.4. The minimum atomic E-state index is -0.529. The molecule has 4 rings (SSSR count). The summed E-state index contributed by atoms with van der Waals surface area (Å²) in [5.41, 5.74) is 2.43. The summed E-state index contributed by atoms with van der Waals surface area (Å²) in [7, 11) is 0. The lowest BCUT2D eigenvalue weighted by Crippen LogP contribution is -1.94. The molecule has 0 atom stereocenters. The van der Waals surface area contributed by atoms with Gasteiger partial charge in [-0.25, -0.2) is 0 Å². The summed E-state index contributed by atoms with van der Waals surface area (Å²) in [5, 5.41) is -1.06. The van der Waals surface area contributed by atoms with Crippen molar-refractivity contribution in [3.8, 4) is 34.1 Å². The number of rotatable bonds is 7. The van der Waals surface area contributed by atoms with Gasteiger partial charge in [0.1, 0.15) is 23.0 Å². The Balaban J connectivity index is 1.72. The number of ether oxygens (including phenoxy) is 2. The minimum absolute atomic E-state index is 0.387. The van der Waals surface area contributed by atoms with E-state index in [4.69, 9.17) is 32.7 Å². The van der Waals surface area contributed by atoms with E-state index in [1.807, 2.05) is 48.5 Å². The molecular weight excluding hydrogens is 447 g/mol. The zero-order valence-electron chi connectivity index (χ0n) is 16.6. The van der Waals surface area contributed by atoms with E-state index in [1.54, 1.807) is 48.5 Å². The Labute approximate surface area is 194 Å². The standard InChI is InChI=1S/C26H16Cl2O4/c27-25(29)18-9-13-20(14-10-18)31-22-7-4-8-23(24(22)17-5-2-1-3-6-17)32-21-15-11-19(12-16-21)26(28)30/h1-16H. The van der Waals surface area contributed by atoms with Gasteiger partial charge >= 0.3 is 0 Å². The molecule has 0 N–H and O–H groups in total. The zero-order valence-corrected chi connectivity index (χ0v) is 18.1. The van der Waals surface area contributed by atoms with Crippen molar-refractivity contribution in [1.29, 1.82) is 0 Å². The fraction of sp³-hybridized carbons (Fsp3) is 0. The summed E-state index contributed by atoms with van der Waals surface area (Å²) in [6, 6.07) is 28.3. The van der Waals surface area contributed by atoms with Crippen LogP contribution in [0.25, 0.3) is 11.1 Å². The van der Waals surface area contributed by atoms with Gasteiger partial charge in [-0.3, -0.25) is 9.59 Å². The number of benzene rings is 4. The van der Waals surface area contributed by atoms with Crippen molar-refractivity contribution in [3.05, 3.63) is 108 Å². The van der Waals surface area contributed by atoms with Crippen molar-refractivity contribution in [2.45, 2.75) is 0 Å². The molecule has 4 aromatic carbocycles. The van der Waals surface area contributed by atoms with Gasteiger partial charge in [-0.15, -0.1) is 0 Å². The third-order valence-electron chi connectivity index (χ3n) is 4.67. The van der Waals surface area contributed by atoms with E-state index >= 15 is 0 Å². The van der Waals surface area contributed by atoms with Gasteiger partial charge in [0, 0.05) is 11.1 Å². The van der Waals surface area contributed by atoms with Crippen LogP contribution in [-0.2, 0) is 0 Å². The predicted molar refractivity (Wildman–Crippen MR) is 125 cm³/mol. The average molecular weight is 463 g/mol. The van der Waals surface area contributed by atoms with Crippen molar-refractivity contribution in [1.82, 2.24) is 0 Å². The van der Waals surface area contributed by atoms with E-state index in [1.165, 1.54) is 0 Å². The monoisotopic (exact) mass is 462 g/mol. The molecule has 0 saturated heterocycles. The van der Waals surface area contributed by atoms with E-state index in [-0.39, 0.29) is 0 Å². The molecule has 0 unspecified atom stereocenters. The molecule has 0 aliphatic rings. The molecule has 158 valence electrons. The fourth-order valence-corrected chi connectivity index (χ4v) is 3.38. The van der Waals surface area contributed by atoms with Gasteiger partial charge in [0.05, 0.1) is 5.56 Å². The smallest absolute Gasteiger partial charge is 0.252 e. The fourth-order valence-electron chi connectivity index (χ4n) is 3.13. The van der Waals surface area contributed by atoms with Crippen molar-refractivity contribution in [3.63, 3.8) is 0 Å². The van der Waals surface area contributed by atoms with Crippen LogP contribution in [0.3, 0.4) is 0 Å². The van der Waals surface area contributed by atoms with Gasteiger partial charge in [-0.05, 0) is 89.4 Å². The number of carbonyl (C=O) groups is 2. The number of hydrogen-bond acceptors (Lipinski definition) is 4. The van der Waals surface area contributed by atoms with Crippen LogP contribution in [0, 0.1) is 0 Å². The summed E-state index contributed by atoms with van der Waals surface area (Å²) in [5.74, 6) is 2.24. The van der Waals surface area contributed by atoms with E-state index in [0.29, 0.717) is 34.1 Å². The van der Waals surface area contributed by atoms with E-state index < -0.39 is 10.5 Å². The Hall–Kier alpha value is -3.60. The summed E-state index contributed by atoms with van der Waals surface area (Å²) >= 11 is 11.0. The predicted octanol–water partition coefficient (Wildman–Crippen LogP) is 7.70. The molecule has 0 aromatic heterocycles. The molecule has 0 amide bonds. The molecule has 4 aromatic rings. The minimum Gasteiger partial charge on any atom is -0.457 e. The Morgan fingerprint density at radius 1 is 0.531 bits per heavy atom. The molecule has 0 fully saturated rings. The largest absolute Gasteiger partial charge is 0.457 e. The second-order valence-electron chi connectivity index (χ2n) is 6.80. The summed E-state index contributed by atoms with van der Waals surface area (Å²) in [6.45, 7) is 0. The molecule has 0 aliphatic carbocycles. The lowest BCUT2D eigenvalue weighted by Gasteiger charge is -2.16. The Kier molecular flexibility index (Phi) is 6.55. The lowest BCUT2D eigenvalue weighted by atomic mass is 10.0. The third kappa shape index (κ3) is 4.99. The zero-order chi connectivity index (χ0) is 22.5. The molecule has 0 radical (unpaired) electrons. The number of halogens is 2. The topological polar surface area (TPSA) is 52.6 Å². The van der Waals surface area contributed by atoms with Gasteiger partial charge in [0.15, 0.2) is 0 Å². The molecule has 0 bridgehead atoms. The van der Waals surface area contributed by atoms with Crippen molar-refractivity contribution in [2.75, 3.05) is 0 Å². The maximum atomic E-state index is 11.3.